The molecule has 2 aliphatic carbocycles. The van der Waals surface area contributed by atoms with Crippen LogP contribution in [0.25, 0.3) is 0 Å². The van der Waals surface area contributed by atoms with Crippen LogP contribution in [0.4, 0.5) is 0 Å². The Kier molecular flexibility index (Phi) is 4.94. The molecule has 2 bridgehead atoms. The Labute approximate surface area is 179 Å². The summed E-state index contributed by atoms with van der Waals surface area (Å²) in [4.78, 5) is 38.4. The van der Waals surface area contributed by atoms with Gasteiger partial charge in [-0.2, -0.15) is 0 Å². The highest BCUT2D eigenvalue weighted by atomic mass is 16.6. The lowest BCUT2D eigenvalue weighted by Crippen LogP contribution is -2.62. The Morgan fingerprint density at radius 3 is 2.26 bits per heavy atom. The predicted octanol–water partition coefficient (Wildman–Crippen LogP) is 3.23. The lowest BCUT2D eigenvalue weighted by molar-refractivity contribution is -0.184. The number of esters is 2. The van der Waals surface area contributed by atoms with Crippen molar-refractivity contribution in [2.45, 2.75) is 18.1 Å². The van der Waals surface area contributed by atoms with Crippen molar-refractivity contribution in [2.75, 3.05) is 13.2 Å². The number of rotatable bonds is 5. The van der Waals surface area contributed by atoms with Gasteiger partial charge in [0.25, 0.3) is 0 Å². The van der Waals surface area contributed by atoms with Gasteiger partial charge < -0.3 is 14.2 Å². The van der Waals surface area contributed by atoms with Crippen molar-refractivity contribution in [3.8, 4) is 0 Å². The molecular formula is C25H22O6. The second kappa shape index (κ2) is 7.78. The van der Waals surface area contributed by atoms with Gasteiger partial charge >= 0.3 is 11.9 Å². The molecule has 1 saturated carbocycles. The van der Waals surface area contributed by atoms with Gasteiger partial charge in [-0.25, -0.2) is 9.59 Å². The molecule has 158 valence electrons. The summed E-state index contributed by atoms with van der Waals surface area (Å²) in [7, 11) is 0. The van der Waals surface area contributed by atoms with E-state index in [2.05, 4.69) is 6.08 Å². The highest BCUT2D eigenvalue weighted by Crippen LogP contribution is 2.56. The summed E-state index contributed by atoms with van der Waals surface area (Å²) in [6.07, 6.45) is 4.20. The van der Waals surface area contributed by atoms with Gasteiger partial charge in [0.2, 0.25) is 5.78 Å². The molecule has 0 amide bonds. The predicted molar refractivity (Wildman–Crippen MR) is 110 cm³/mol. The third-order valence-electron chi connectivity index (χ3n) is 6.55. The number of ether oxygens (including phenoxy) is 3. The molecule has 5 rings (SSSR count). The number of carbonyl (C=O) groups is 3. The average molecular weight is 418 g/mol. The second-order valence-electron chi connectivity index (χ2n) is 8.20. The minimum atomic E-state index is -1.28. The SMILES string of the molecule is O=C(OC[C@H]1OCC(=O)[C@]2(OC(=O)c3ccccc3)[C@H]1[C@@H]1C=C[C@H]2C1)c1ccccc1. The molecule has 0 N–H and O–H groups in total. The summed E-state index contributed by atoms with van der Waals surface area (Å²) in [5, 5.41) is 0. The summed E-state index contributed by atoms with van der Waals surface area (Å²) in [5.41, 5.74) is -0.438. The number of hydrogen-bond acceptors (Lipinski definition) is 6. The maximum absolute atomic E-state index is 13.1. The van der Waals surface area contributed by atoms with Crippen LogP contribution in [0, 0.1) is 17.8 Å². The molecule has 3 aliphatic rings. The maximum Gasteiger partial charge on any atom is 0.339 e. The number of hydrogen-bond donors (Lipinski definition) is 0. The van der Waals surface area contributed by atoms with Crippen LogP contribution in [-0.2, 0) is 19.0 Å². The van der Waals surface area contributed by atoms with E-state index in [1.54, 1.807) is 48.5 Å². The van der Waals surface area contributed by atoms with Gasteiger partial charge in [-0.3, -0.25) is 4.79 Å². The average Bonchev–Trinajstić information content (AvgIpc) is 3.41. The van der Waals surface area contributed by atoms with Crippen LogP contribution >= 0.6 is 0 Å². The Morgan fingerprint density at radius 2 is 1.58 bits per heavy atom. The third kappa shape index (κ3) is 3.27. The number of benzene rings is 2. The summed E-state index contributed by atoms with van der Waals surface area (Å²) < 4.78 is 17.3. The van der Waals surface area contributed by atoms with Crippen LogP contribution in [0.15, 0.2) is 72.8 Å². The van der Waals surface area contributed by atoms with Crippen LogP contribution in [0.2, 0.25) is 0 Å². The van der Waals surface area contributed by atoms with Crippen molar-refractivity contribution >= 4 is 17.7 Å². The van der Waals surface area contributed by atoms with Crippen LogP contribution in [0.3, 0.4) is 0 Å². The molecule has 6 nitrogen and oxygen atoms in total. The normalized spacial score (nSPS) is 30.6. The smallest absolute Gasteiger partial charge is 0.339 e. The monoisotopic (exact) mass is 418 g/mol. The van der Waals surface area contributed by atoms with E-state index in [9.17, 15) is 14.4 Å². The molecule has 1 saturated heterocycles. The van der Waals surface area contributed by atoms with E-state index in [4.69, 9.17) is 14.2 Å². The first-order valence-corrected chi connectivity index (χ1v) is 10.4. The number of ketones is 1. The fourth-order valence-electron chi connectivity index (χ4n) is 5.17. The molecule has 0 unspecified atom stereocenters. The quantitative estimate of drug-likeness (QED) is 0.548. The fraction of sp³-hybridized carbons (Fsp3) is 0.320. The zero-order chi connectivity index (χ0) is 21.4. The van der Waals surface area contributed by atoms with Gasteiger partial charge in [0.15, 0.2) is 5.60 Å². The lowest BCUT2D eigenvalue weighted by Gasteiger charge is -2.46. The van der Waals surface area contributed by atoms with E-state index < -0.39 is 23.6 Å². The van der Waals surface area contributed by atoms with Gasteiger partial charge in [0.05, 0.1) is 17.2 Å². The second-order valence-corrected chi connectivity index (χ2v) is 8.20. The third-order valence-corrected chi connectivity index (χ3v) is 6.55. The molecule has 6 heteroatoms. The molecular weight excluding hydrogens is 396 g/mol. The molecule has 1 heterocycles. The van der Waals surface area contributed by atoms with E-state index in [1.807, 2.05) is 18.2 Å². The standard InChI is InChI=1S/C25H22O6/c26-21-15-29-20(14-30-23(27)16-7-3-1-4-8-16)22-18-11-12-19(13-18)25(21,22)31-24(28)17-9-5-2-6-10-17/h1-12,18-20,22H,13-15H2/t18-,19+,20-,22+,25+/m1/s1. The summed E-state index contributed by atoms with van der Waals surface area (Å²) >= 11 is 0. The van der Waals surface area contributed by atoms with Gasteiger partial charge in [-0.15, -0.1) is 0 Å². The zero-order valence-corrected chi connectivity index (χ0v) is 16.8. The van der Waals surface area contributed by atoms with Crippen molar-refractivity contribution in [1.82, 2.24) is 0 Å². The zero-order valence-electron chi connectivity index (χ0n) is 16.8. The van der Waals surface area contributed by atoms with Crippen LogP contribution < -0.4 is 0 Å². The highest BCUT2D eigenvalue weighted by Gasteiger charge is 2.67. The number of Topliss-reactive ketones (excluding diaryl/α,β-unsaturated/α-hetero) is 1. The van der Waals surface area contributed by atoms with Crippen molar-refractivity contribution in [1.29, 1.82) is 0 Å². The molecule has 0 aromatic heterocycles. The summed E-state index contributed by atoms with van der Waals surface area (Å²) in [6, 6.07) is 17.4. The van der Waals surface area contributed by atoms with E-state index in [-0.39, 0.29) is 36.8 Å². The minimum Gasteiger partial charge on any atom is -0.459 e. The van der Waals surface area contributed by atoms with E-state index in [1.165, 1.54) is 0 Å². The van der Waals surface area contributed by atoms with Crippen LogP contribution in [0.1, 0.15) is 27.1 Å². The topological polar surface area (TPSA) is 78.9 Å². The van der Waals surface area contributed by atoms with Crippen LogP contribution in [-0.4, -0.2) is 42.6 Å². The molecule has 31 heavy (non-hydrogen) atoms. The Morgan fingerprint density at radius 1 is 0.935 bits per heavy atom. The number of carbonyl (C=O) groups excluding carboxylic acids is 3. The first kappa shape index (κ1) is 19.7. The maximum atomic E-state index is 13.1. The highest BCUT2D eigenvalue weighted by molar-refractivity contribution is 5.97. The Bertz CT molecular complexity index is 1030. The van der Waals surface area contributed by atoms with Crippen LogP contribution in [0.5, 0.6) is 0 Å². The van der Waals surface area contributed by atoms with Gasteiger partial charge in [-0.05, 0) is 36.6 Å². The van der Waals surface area contributed by atoms with Crippen molar-refractivity contribution < 1.29 is 28.6 Å². The lowest BCUT2D eigenvalue weighted by atomic mass is 9.71. The van der Waals surface area contributed by atoms with Gasteiger partial charge in [0.1, 0.15) is 13.2 Å². The van der Waals surface area contributed by atoms with E-state index in [0.717, 1.165) is 0 Å². The largest absolute Gasteiger partial charge is 0.459 e. The van der Waals surface area contributed by atoms with E-state index in [0.29, 0.717) is 17.5 Å². The van der Waals surface area contributed by atoms with E-state index >= 15 is 0 Å². The summed E-state index contributed by atoms with van der Waals surface area (Å²) in [6.45, 7) is -0.184. The van der Waals surface area contributed by atoms with Crippen molar-refractivity contribution in [3.63, 3.8) is 0 Å². The molecule has 2 aromatic carbocycles. The number of fused-ring (bicyclic) bond motifs is 5. The van der Waals surface area contributed by atoms with Gasteiger partial charge in [-0.1, -0.05) is 48.6 Å². The first-order valence-electron chi connectivity index (χ1n) is 10.4. The van der Waals surface area contributed by atoms with Gasteiger partial charge in [0, 0.05) is 11.8 Å². The first-order chi connectivity index (χ1) is 15.1. The summed E-state index contributed by atoms with van der Waals surface area (Å²) in [5.74, 6) is -1.77. The molecule has 2 fully saturated rings. The minimum absolute atomic E-state index is 0.00658. The fourth-order valence-corrected chi connectivity index (χ4v) is 5.17. The van der Waals surface area contributed by atoms with Crippen molar-refractivity contribution in [3.05, 3.63) is 83.9 Å². The molecule has 2 aromatic rings. The Balaban J connectivity index is 1.39. The molecule has 0 spiro atoms. The Hall–Kier alpha value is -3.25. The number of allylic oxidation sites excluding steroid dienone is 1. The van der Waals surface area contributed by atoms with Crippen molar-refractivity contribution in [2.24, 2.45) is 17.8 Å². The molecule has 0 radical (unpaired) electrons. The molecule has 1 aliphatic heterocycles. The molecule has 5 atom stereocenters.